The summed E-state index contributed by atoms with van der Waals surface area (Å²) < 4.78 is 0. The van der Waals surface area contributed by atoms with Crippen LogP contribution in [0.15, 0.2) is 0 Å². The number of unbranched alkanes of at least 4 members (excludes halogenated alkanes) is 6. The maximum absolute atomic E-state index is 12.1. The third-order valence-electron chi connectivity index (χ3n) is 3.39. The van der Waals surface area contributed by atoms with Gasteiger partial charge in [-0.05, 0) is 34.1 Å². The summed E-state index contributed by atoms with van der Waals surface area (Å²) in [5.41, 5.74) is 0. The van der Waals surface area contributed by atoms with E-state index in [1.165, 1.54) is 38.5 Å². The Bertz CT molecular complexity index is 203. The summed E-state index contributed by atoms with van der Waals surface area (Å²) in [5, 5.41) is 0. The average molecular weight is 255 g/mol. The summed E-state index contributed by atoms with van der Waals surface area (Å²) in [5.74, 6) is 0.327. The van der Waals surface area contributed by atoms with Gasteiger partial charge in [0.1, 0.15) is 0 Å². The van der Waals surface area contributed by atoms with Crippen LogP contribution in [0, 0.1) is 0 Å². The van der Waals surface area contributed by atoms with E-state index in [4.69, 9.17) is 0 Å². The van der Waals surface area contributed by atoms with Crippen LogP contribution in [-0.2, 0) is 4.79 Å². The summed E-state index contributed by atoms with van der Waals surface area (Å²) >= 11 is 0. The molecule has 0 aliphatic carbocycles. The van der Waals surface area contributed by atoms with Crippen LogP contribution in [0.4, 0.5) is 0 Å². The quantitative estimate of drug-likeness (QED) is 0.515. The molecule has 2 heteroatoms. The van der Waals surface area contributed by atoms with Crippen LogP contribution in [0.1, 0.15) is 86.0 Å². The van der Waals surface area contributed by atoms with E-state index in [2.05, 4.69) is 34.6 Å². The van der Waals surface area contributed by atoms with Crippen LogP contribution in [0.5, 0.6) is 0 Å². The van der Waals surface area contributed by atoms with E-state index < -0.39 is 0 Å². The smallest absolute Gasteiger partial charge is 0.223 e. The minimum Gasteiger partial charge on any atom is -0.338 e. The van der Waals surface area contributed by atoms with Crippen LogP contribution in [0.3, 0.4) is 0 Å². The number of carbonyl (C=O) groups excluding carboxylic acids is 1. The molecule has 0 spiro atoms. The maximum atomic E-state index is 12.1. The number of hydrogen-bond acceptors (Lipinski definition) is 1. The van der Waals surface area contributed by atoms with Crippen LogP contribution in [0.2, 0.25) is 0 Å². The van der Waals surface area contributed by atoms with Gasteiger partial charge in [-0.15, -0.1) is 0 Å². The summed E-state index contributed by atoms with van der Waals surface area (Å²) in [4.78, 5) is 14.1. The van der Waals surface area contributed by atoms with Crippen LogP contribution >= 0.6 is 0 Å². The van der Waals surface area contributed by atoms with E-state index in [-0.39, 0.29) is 0 Å². The van der Waals surface area contributed by atoms with Crippen LogP contribution < -0.4 is 0 Å². The number of nitrogens with zero attached hydrogens (tertiary/aromatic N) is 1. The van der Waals surface area contributed by atoms with Gasteiger partial charge in [0.05, 0.1) is 0 Å². The number of carbonyl (C=O) groups is 1. The molecule has 0 saturated carbocycles. The Morgan fingerprint density at radius 3 is 1.72 bits per heavy atom. The molecule has 0 heterocycles. The molecule has 0 aromatic rings. The highest BCUT2D eigenvalue weighted by Gasteiger charge is 2.18. The molecule has 0 fully saturated rings. The first-order valence-corrected chi connectivity index (χ1v) is 7.81. The van der Waals surface area contributed by atoms with E-state index in [1.54, 1.807) is 0 Å². The van der Waals surface area contributed by atoms with Crippen molar-refractivity contribution >= 4 is 5.91 Å². The molecule has 0 aromatic carbocycles. The van der Waals surface area contributed by atoms with Crippen molar-refractivity contribution in [2.75, 3.05) is 0 Å². The molecule has 18 heavy (non-hydrogen) atoms. The van der Waals surface area contributed by atoms with Gasteiger partial charge in [0.25, 0.3) is 0 Å². The number of rotatable bonds is 10. The van der Waals surface area contributed by atoms with Gasteiger partial charge in [-0.25, -0.2) is 0 Å². The van der Waals surface area contributed by atoms with Gasteiger partial charge < -0.3 is 4.90 Å². The second-order valence-corrected chi connectivity index (χ2v) is 5.86. The molecular formula is C16H33NO. The molecule has 0 aliphatic rings. The Kier molecular flexibility index (Phi) is 10.1. The van der Waals surface area contributed by atoms with Crippen molar-refractivity contribution in [3.8, 4) is 0 Å². The second kappa shape index (κ2) is 10.4. The first-order valence-electron chi connectivity index (χ1n) is 7.81. The second-order valence-electron chi connectivity index (χ2n) is 5.86. The van der Waals surface area contributed by atoms with E-state index in [9.17, 15) is 4.79 Å². The highest BCUT2D eigenvalue weighted by atomic mass is 16.2. The predicted octanol–water partition coefficient (Wildman–Crippen LogP) is 4.77. The van der Waals surface area contributed by atoms with Gasteiger partial charge in [-0.2, -0.15) is 0 Å². The standard InChI is InChI=1S/C16H33NO/c1-6-7-8-9-10-11-12-13-16(18)17(14(2)3)15(4)5/h14-15H,6-13H2,1-5H3. The monoisotopic (exact) mass is 255 g/mol. The molecule has 1 amide bonds. The molecule has 0 bridgehead atoms. The summed E-state index contributed by atoms with van der Waals surface area (Å²) in [6.07, 6.45) is 9.62. The molecule has 0 aromatic heterocycles. The highest BCUT2D eigenvalue weighted by molar-refractivity contribution is 5.76. The molecule has 2 nitrogen and oxygen atoms in total. The molecule has 0 N–H and O–H groups in total. The van der Waals surface area contributed by atoms with Gasteiger partial charge in [0.2, 0.25) is 5.91 Å². The van der Waals surface area contributed by atoms with Crippen molar-refractivity contribution in [3.05, 3.63) is 0 Å². The first kappa shape index (κ1) is 17.5. The van der Waals surface area contributed by atoms with Crippen LogP contribution in [-0.4, -0.2) is 22.9 Å². The van der Waals surface area contributed by atoms with Crippen molar-refractivity contribution < 1.29 is 4.79 Å². The predicted molar refractivity (Wildman–Crippen MR) is 79.7 cm³/mol. The fraction of sp³-hybridized carbons (Fsp3) is 0.938. The minimum absolute atomic E-state index is 0.321. The largest absolute Gasteiger partial charge is 0.338 e. The van der Waals surface area contributed by atoms with Crippen molar-refractivity contribution in [1.82, 2.24) is 4.90 Å². The topological polar surface area (TPSA) is 20.3 Å². The van der Waals surface area contributed by atoms with E-state index in [0.29, 0.717) is 18.0 Å². The molecule has 0 radical (unpaired) electrons. The Balaban J connectivity index is 3.69. The molecule has 0 aliphatic heterocycles. The zero-order chi connectivity index (χ0) is 14.0. The van der Waals surface area contributed by atoms with Crippen molar-refractivity contribution in [2.24, 2.45) is 0 Å². The molecule has 0 rings (SSSR count). The fourth-order valence-corrected chi connectivity index (χ4v) is 2.53. The Labute approximate surface area is 114 Å². The van der Waals surface area contributed by atoms with E-state index in [0.717, 1.165) is 12.8 Å². The lowest BCUT2D eigenvalue weighted by Gasteiger charge is -2.30. The van der Waals surface area contributed by atoms with E-state index >= 15 is 0 Å². The SMILES string of the molecule is CCCCCCCCCC(=O)N(C(C)C)C(C)C. The summed E-state index contributed by atoms with van der Waals surface area (Å²) in [6, 6.07) is 0.643. The zero-order valence-corrected chi connectivity index (χ0v) is 13.2. The van der Waals surface area contributed by atoms with Crippen molar-refractivity contribution in [1.29, 1.82) is 0 Å². The normalized spacial score (nSPS) is 11.3. The summed E-state index contributed by atoms with van der Waals surface area (Å²) in [7, 11) is 0. The first-order chi connectivity index (χ1) is 8.50. The molecular weight excluding hydrogens is 222 g/mol. The van der Waals surface area contributed by atoms with Gasteiger partial charge in [-0.1, -0.05) is 45.4 Å². The average Bonchev–Trinajstić information content (AvgIpc) is 2.26. The highest BCUT2D eigenvalue weighted by Crippen LogP contribution is 2.12. The van der Waals surface area contributed by atoms with E-state index in [1.807, 2.05) is 4.90 Å². The Hall–Kier alpha value is -0.530. The molecule has 108 valence electrons. The van der Waals surface area contributed by atoms with Gasteiger partial charge in [-0.3, -0.25) is 4.79 Å². The van der Waals surface area contributed by atoms with Gasteiger partial charge in [0.15, 0.2) is 0 Å². The van der Waals surface area contributed by atoms with Crippen LogP contribution in [0.25, 0.3) is 0 Å². The van der Waals surface area contributed by atoms with Crippen molar-refractivity contribution in [3.63, 3.8) is 0 Å². The number of hydrogen-bond donors (Lipinski definition) is 0. The van der Waals surface area contributed by atoms with Gasteiger partial charge >= 0.3 is 0 Å². The maximum Gasteiger partial charge on any atom is 0.223 e. The zero-order valence-electron chi connectivity index (χ0n) is 13.2. The third kappa shape index (κ3) is 7.73. The molecule has 0 atom stereocenters. The lowest BCUT2D eigenvalue weighted by molar-refractivity contribution is -0.134. The molecule has 0 unspecified atom stereocenters. The fourth-order valence-electron chi connectivity index (χ4n) is 2.53. The lowest BCUT2D eigenvalue weighted by Crippen LogP contribution is -2.41. The lowest BCUT2D eigenvalue weighted by atomic mass is 10.1. The molecule has 0 saturated heterocycles. The number of amides is 1. The Morgan fingerprint density at radius 1 is 0.833 bits per heavy atom. The van der Waals surface area contributed by atoms with Gasteiger partial charge in [0, 0.05) is 18.5 Å². The minimum atomic E-state index is 0.321. The summed E-state index contributed by atoms with van der Waals surface area (Å²) in [6.45, 7) is 10.6. The Morgan fingerprint density at radius 2 is 1.28 bits per heavy atom. The van der Waals surface area contributed by atoms with Crippen molar-refractivity contribution in [2.45, 2.75) is 98.1 Å². The third-order valence-corrected chi connectivity index (χ3v) is 3.39.